The van der Waals surface area contributed by atoms with Gasteiger partial charge >= 0.3 is 5.97 Å². The van der Waals surface area contributed by atoms with Crippen LogP contribution in [0.15, 0.2) is 6.07 Å². The van der Waals surface area contributed by atoms with Gasteiger partial charge in [-0.15, -0.1) is 0 Å². The Morgan fingerprint density at radius 2 is 1.67 bits per heavy atom. The number of benzene rings is 1. The van der Waals surface area contributed by atoms with Crippen molar-refractivity contribution in [2.75, 3.05) is 21.3 Å². The number of ketones is 1. The maximum Gasteiger partial charge on any atom is 0.377 e. The first kappa shape index (κ1) is 14.1. The van der Waals surface area contributed by atoms with Crippen molar-refractivity contribution in [2.24, 2.45) is 0 Å². The summed E-state index contributed by atoms with van der Waals surface area (Å²) in [4.78, 5) is 22.2. The Morgan fingerprint density at radius 1 is 1.11 bits per heavy atom. The lowest BCUT2D eigenvalue weighted by atomic mass is 10.1. The number of methoxy groups -OCH3 is 3. The van der Waals surface area contributed by atoms with Gasteiger partial charge in [-0.2, -0.15) is 0 Å². The summed E-state index contributed by atoms with van der Waals surface area (Å²) in [5, 5.41) is 8.69. The number of carboxylic acid groups (broad SMARTS) is 1. The van der Waals surface area contributed by atoms with E-state index in [2.05, 4.69) is 0 Å². The molecule has 0 saturated heterocycles. The Morgan fingerprint density at radius 3 is 2.06 bits per heavy atom. The molecule has 0 atom stereocenters. The highest BCUT2D eigenvalue weighted by molar-refractivity contribution is 6.42. The van der Waals surface area contributed by atoms with Crippen molar-refractivity contribution in [1.82, 2.24) is 0 Å². The summed E-state index contributed by atoms with van der Waals surface area (Å²) in [7, 11) is 3.98. The fraction of sp³-hybridized carbons (Fsp3) is 0.273. The molecule has 1 N–H and O–H groups in total. The molecule has 7 heteroatoms. The molecule has 0 aliphatic rings. The summed E-state index contributed by atoms with van der Waals surface area (Å²) < 4.78 is 14.9. The molecule has 0 unspecified atom stereocenters. The third-order valence-corrected chi connectivity index (χ3v) is 2.55. The molecule has 0 heterocycles. The largest absolute Gasteiger partial charge is 0.494 e. The van der Waals surface area contributed by atoms with E-state index in [4.69, 9.17) is 30.9 Å². The molecule has 0 saturated carbocycles. The minimum atomic E-state index is -1.61. The minimum absolute atomic E-state index is 0.0241. The number of carbonyl (C=O) groups is 2. The molecule has 0 spiro atoms. The molecular formula is C11H11ClO6. The van der Waals surface area contributed by atoms with Crippen LogP contribution in [0.1, 0.15) is 10.4 Å². The molecule has 0 radical (unpaired) electrons. The van der Waals surface area contributed by atoms with E-state index in [1.54, 1.807) is 0 Å². The monoisotopic (exact) mass is 274 g/mol. The van der Waals surface area contributed by atoms with Crippen molar-refractivity contribution in [3.8, 4) is 17.2 Å². The molecule has 0 bridgehead atoms. The van der Waals surface area contributed by atoms with Gasteiger partial charge in [-0.05, 0) is 6.07 Å². The molecule has 1 rings (SSSR count). The van der Waals surface area contributed by atoms with Crippen LogP contribution in [-0.4, -0.2) is 38.2 Å². The molecule has 6 nitrogen and oxygen atoms in total. The zero-order chi connectivity index (χ0) is 13.9. The van der Waals surface area contributed by atoms with E-state index >= 15 is 0 Å². The van der Waals surface area contributed by atoms with Crippen molar-refractivity contribution >= 4 is 23.4 Å². The molecule has 1 aromatic carbocycles. The molecule has 0 aliphatic carbocycles. The van der Waals surface area contributed by atoms with E-state index in [0.717, 1.165) is 0 Å². The van der Waals surface area contributed by atoms with Crippen molar-refractivity contribution in [1.29, 1.82) is 0 Å². The average Bonchev–Trinajstić information content (AvgIpc) is 2.36. The van der Waals surface area contributed by atoms with Crippen molar-refractivity contribution in [2.45, 2.75) is 0 Å². The van der Waals surface area contributed by atoms with E-state index < -0.39 is 11.8 Å². The number of halogens is 1. The van der Waals surface area contributed by atoms with E-state index in [1.807, 2.05) is 0 Å². The van der Waals surface area contributed by atoms with Gasteiger partial charge in [0.2, 0.25) is 0 Å². The van der Waals surface area contributed by atoms with E-state index in [-0.39, 0.29) is 27.8 Å². The zero-order valence-corrected chi connectivity index (χ0v) is 10.7. The van der Waals surface area contributed by atoms with Crippen molar-refractivity contribution < 1.29 is 28.9 Å². The maximum absolute atomic E-state index is 11.5. The third-order valence-electron chi connectivity index (χ3n) is 2.21. The third kappa shape index (κ3) is 2.33. The number of Topliss-reactive ketones (excluding diaryl/α,β-unsaturated/α-hetero) is 1. The van der Waals surface area contributed by atoms with Crippen LogP contribution in [0.2, 0.25) is 5.02 Å². The molecule has 98 valence electrons. The van der Waals surface area contributed by atoms with Crippen LogP contribution in [0.3, 0.4) is 0 Å². The predicted octanol–water partition coefficient (Wildman–Crippen LogP) is 1.63. The number of carbonyl (C=O) groups excluding carboxylic acids is 1. The molecule has 0 aromatic heterocycles. The molecule has 0 amide bonds. The van der Waals surface area contributed by atoms with Gasteiger partial charge in [0.15, 0.2) is 17.2 Å². The van der Waals surface area contributed by atoms with Crippen molar-refractivity contribution in [3.63, 3.8) is 0 Å². The minimum Gasteiger partial charge on any atom is -0.494 e. The van der Waals surface area contributed by atoms with Gasteiger partial charge in [0.25, 0.3) is 5.78 Å². The summed E-state index contributed by atoms with van der Waals surface area (Å²) in [6.45, 7) is 0. The molecule has 0 aliphatic heterocycles. The van der Waals surface area contributed by atoms with Crippen LogP contribution in [0.4, 0.5) is 0 Å². The summed E-state index contributed by atoms with van der Waals surface area (Å²) in [6, 6.07) is 1.21. The Kier molecular flexibility index (Phi) is 4.38. The smallest absolute Gasteiger partial charge is 0.377 e. The number of ether oxygens (including phenoxy) is 3. The van der Waals surface area contributed by atoms with E-state index in [1.165, 1.54) is 27.4 Å². The first-order valence-corrected chi connectivity index (χ1v) is 5.11. The van der Waals surface area contributed by atoms with Gasteiger partial charge in [0, 0.05) is 0 Å². The second-order valence-electron chi connectivity index (χ2n) is 3.14. The quantitative estimate of drug-likeness (QED) is 0.649. The summed E-state index contributed by atoms with van der Waals surface area (Å²) >= 11 is 5.97. The van der Waals surface area contributed by atoms with E-state index in [0.29, 0.717) is 0 Å². The SMILES string of the molecule is COc1cc(C(=O)C(=O)O)c(OC)c(Cl)c1OC. The highest BCUT2D eigenvalue weighted by Crippen LogP contribution is 2.44. The van der Waals surface area contributed by atoms with Gasteiger partial charge in [-0.1, -0.05) is 11.6 Å². The van der Waals surface area contributed by atoms with Gasteiger partial charge in [-0.3, -0.25) is 4.79 Å². The van der Waals surface area contributed by atoms with Crippen molar-refractivity contribution in [3.05, 3.63) is 16.7 Å². The molecule has 18 heavy (non-hydrogen) atoms. The van der Waals surface area contributed by atoms with E-state index in [9.17, 15) is 9.59 Å². The van der Waals surface area contributed by atoms with Gasteiger partial charge in [-0.25, -0.2) is 4.79 Å². The van der Waals surface area contributed by atoms with Gasteiger partial charge < -0.3 is 19.3 Å². The fourth-order valence-electron chi connectivity index (χ4n) is 1.42. The number of aliphatic carboxylic acids is 1. The Bertz CT molecular complexity index is 497. The lowest BCUT2D eigenvalue weighted by Crippen LogP contribution is -2.14. The number of carboxylic acids is 1. The summed E-state index contributed by atoms with van der Waals surface area (Å²) in [5.74, 6) is -2.51. The van der Waals surface area contributed by atoms with Gasteiger partial charge in [0.05, 0.1) is 26.9 Å². The highest BCUT2D eigenvalue weighted by atomic mass is 35.5. The second kappa shape index (κ2) is 5.59. The first-order valence-electron chi connectivity index (χ1n) is 4.74. The van der Waals surface area contributed by atoms with Crippen LogP contribution in [0, 0.1) is 0 Å². The number of rotatable bonds is 5. The normalized spacial score (nSPS) is 9.78. The summed E-state index contributed by atoms with van der Waals surface area (Å²) in [6.07, 6.45) is 0. The van der Waals surface area contributed by atoms with Crippen LogP contribution in [0.25, 0.3) is 0 Å². The fourth-order valence-corrected chi connectivity index (χ4v) is 1.77. The maximum atomic E-state index is 11.5. The lowest BCUT2D eigenvalue weighted by Gasteiger charge is -2.14. The number of hydrogen-bond donors (Lipinski definition) is 1. The Balaban J connectivity index is 3.57. The molecule has 0 fully saturated rings. The lowest BCUT2D eigenvalue weighted by molar-refractivity contribution is -0.131. The van der Waals surface area contributed by atoms with Gasteiger partial charge in [0.1, 0.15) is 5.02 Å². The Labute approximate surface area is 108 Å². The standard InChI is InChI=1S/C11H11ClO6/c1-16-6-4-5(8(13)11(14)15)9(17-2)7(12)10(6)18-3/h4H,1-3H3,(H,14,15). The first-order chi connectivity index (χ1) is 8.47. The highest BCUT2D eigenvalue weighted by Gasteiger charge is 2.26. The van der Waals surface area contributed by atoms with Crippen LogP contribution < -0.4 is 14.2 Å². The van der Waals surface area contributed by atoms with Crippen LogP contribution in [-0.2, 0) is 4.79 Å². The summed E-state index contributed by atoms with van der Waals surface area (Å²) in [5.41, 5.74) is -0.201. The van der Waals surface area contributed by atoms with Crippen LogP contribution >= 0.6 is 11.6 Å². The predicted molar refractivity (Wildman–Crippen MR) is 63.1 cm³/mol. The topological polar surface area (TPSA) is 82.1 Å². The Hall–Kier alpha value is -1.95. The average molecular weight is 275 g/mol. The zero-order valence-electron chi connectivity index (χ0n) is 9.94. The second-order valence-corrected chi connectivity index (χ2v) is 3.52. The molecular weight excluding hydrogens is 264 g/mol. The molecule has 1 aromatic rings. The number of hydrogen-bond acceptors (Lipinski definition) is 5. The van der Waals surface area contributed by atoms with Crippen LogP contribution in [0.5, 0.6) is 17.2 Å².